The van der Waals surface area contributed by atoms with Gasteiger partial charge in [-0.25, -0.2) is 4.39 Å². The SMILES string of the molecule is NNC(Cc1cc(Br)ccc1F)c1ncccc1Cl. The summed E-state index contributed by atoms with van der Waals surface area (Å²) < 4.78 is 14.6. The van der Waals surface area contributed by atoms with Crippen LogP contribution in [0.2, 0.25) is 5.02 Å². The molecule has 0 bridgehead atoms. The fourth-order valence-corrected chi connectivity index (χ4v) is 2.47. The quantitative estimate of drug-likeness (QED) is 0.660. The van der Waals surface area contributed by atoms with E-state index in [0.29, 0.717) is 22.7 Å². The zero-order chi connectivity index (χ0) is 13.8. The number of nitrogens with one attached hydrogen (secondary N) is 1. The summed E-state index contributed by atoms with van der Waals surface area (Å²) in [6.07, 6.45) is 1.99. The lowest BCUT2D eigenvalue weighted by Gasteiger charge is -2.17. The molecule has 2 rings (SSSR count). The molecule has 0 aliphatic heterocycles. The Bertz CT molecular complexity index is 580. The number of nitrogens with two attached hydrogens (primary N) is 1. The smallest absolute Gasteiger partial charge is 0.126 e. The lowest BCUT2D eigenvalue weighted by molar-refractivity contribution is 0.519. The summed E-state index contributed by atoms with van der Waals surface area (Å²) >= 11 is 9.39. The van der Waals surface area contributed by atoms with Crippen molar-refractivity contribution in [1.29, 1.82) is 0 Å². The van der Waals surface area contributed by atoms with Crippen LogP contribution in [-0.4, -0.2) is 4.98 Å². The lowest BCUT2D eigenvalue weighted by Crippen LogP contribution is -2.30. The van der Waals surface area contributed by atoms with Crippen molar-refractivity contribution in [3.63, 3.8) is 0 Å². The van der Waals surface area contributed by atoms with Crippen molar-refractivity contribution >= 4 is 27.5 Å². The number of benzene rings is 1. The number of hydrazine groups is 1. The molecule has 0 amide bonds. The summed E-state index contributed by atoms with van der Waals surface area (Å²) in [5.74, 6) is 5.24. The lowest BCUT2D eigenvalue weighted by atomic mass is 10.0. The predicted molar refractivity (Wildman–Crippen MR) is 77.1 cm³/mol. The molecule has 0 fully saturated rings. The first-order chi connectivity index (χ1) is 9.11. The summed E-state index contributed by atoms with van der Waals surface area (Å²) in [5.41, 5.74) is 3.77. The Labute approximate surface area is 124 Å². The monoisotopic (exact) mass is 343 g/mol. The van der Waals surface area contributed by atoms with Gasteiger partial charge in [0, 0.05) is 10.7 Å². The van der Waals surface area contributed by atoms with Crippen LogP contribution in [-0.2, 0) is 6.42 Å². The molecular formula is C13H12BrClFN3. The first-order valence-electron chi connectivity index (χ1n) is 5.62. The van der Waals surface area contributed by atoms with E-state index in [-0.39, 0.29) is 11.9 Å². The van der Waals surface area contributed by atoms with E-state index in [1.807, 2.05) is 0 Å². The van der Waals surface area contributed by atoms with E-state index in [0.717, 1.165) is 4.47 Å². The largest absolute Gasteiger partial charge is 0.271 e. The molecule has 100 valence electrons. The average molecular weight is 345 g/mol. The van der Waals surface area contributed by atoms with Gasteiger partial charge in [0.15, 0.2) is 0 Å². The number of aromatic nitrogens is 1. The zero-order valence-corrected chi connectivity index (χ0v) is 12.2. The van der Waals surface area contributed by atoms with Crippen molar-refractivity contribution in [2.75, 3.05) is 0 Å². The van der Waals surface area contributed by atoms with Crippen molar-refractivity contribution in [2.45, 2.75) is 12.5 Å². The number of pyridine rings is 1. The molecule has 3 nitrogen and oxygen atoms in total. The highest BCUT2D eigenvalue weighted by Gasteiger charge is 2.17. The maximum Gasteiger partial charge on any atom is 0.126 e. The van der Waals surface area contributed by atoms with Crippen LogP contribution in [0.25, 0.3) is 0 Å². The third kappa shape index (κ3) is 3.51. The zero-order valence-electron chi connectivity index (χ0n) is 9.91. The molecule has 1 heterocycles. The Morgan fingerprint density at radius 1 is 1.42 bits per heavy atom. The van der Waals surface area contributed by atoms with Gasteiger partial charge in [-0.15, -0.1) is 0 Å². The second kappa shape index (κ2) is 6.43. The van der Waals surface area contributed by atoms with Crippen LogP contribution < -0.4 is 11.3 Å². The van der Waals surface area contributed by atoms with Crippen molar-refractivity contribution in [2.24, 2.45) is 5.84 Å². The van der Waals surface area contributed by atoms with E-state index in [1.165, 1.54) is 6.07 Å². The van der Waals surface area contributed by atoms with Crippen molar-refractivity contribution < 1.29 is 4.39 Å². The number of halogens is 3. The van der Waals surface area contributed by atoms with Gasteiger partial charge in [0.05, 0.1) is 16.8 Å². The van der Waals surface area contributed by atoms with Gasteiger partial charge >= 0.3 is 0 Å². The molecule has 0 saturated carbocycles. The van der Waals surface area contributed by atoms with E-state index in [2.05, 4.69) is 26.3 Å². The van der Waals surface area contributed by atoms with Gasteiger partial charge in [-0.2, -0.15) is 0 Å². The van der Waals surface area contributed by atoms with Crippen molar-refractivity contribution in [1.82, 2.24) is 10.4 Å². The molecular weight excluding hydrogens is 333 g/mol. The molecule has 0 saturated heterocycles. The minimum absolute atomic E-state index is 0.282. The first kappa shape index (κ1) is 14.4. The maximum absolute atomic E-state index is 13.7. The summed E-state index contributed by atoms with van der Waals surface area (Å²) in [4.78, 5) is 4.19. The minimum Gasteiger partial charge on any atom is -0.271 e. The van der Waals surface area contributed by atoms with Gasteiger partial charge in [-0.3, -0.25) is 16.3 Å². The fraction of sp³-hybridized carbons (Fsp3) is 0.154. The maximum atomic E-state index is 13.7. The number of nitrogens with zero attached hydrogens (tertiary/aromatic N) is 1. The number of hydrogen-bond acceptors (Lipinski definition) is 3. The van der Waals surface area contributed by atoms with E-state index in [1.54, 1.807) is 30.5 Å². The highest BCUT2D eigenvalue weighted by molar-refractivity contribution is 9.10. The molecule has 3 N–H and O–H groups in total. The van der Waals surface area contributed by atoms with Gasteiger partial charge < -0.3 is 0 Å². The predicted octanol–water partition coefficient (Wildman–Crippen LogP) is 3.38. The van der Waals surface area contributed by atoms with E-state index in [9.17, 15) is 4.39 Å². The Kier molecular flexibility index (Phi) is 4.87. The summed E-state index contributed by atoms with van der Waals surface area (Å²) in [5, 5.41) is 0.501. The van der Waals surface area contributed by atoms with Crippen LogP contribution in [0.4, 0.5) is 4.39 Å². The van der Waals surface area contributed by atoms with Crippen LogP contribution in [0, 0.1) is 5.82 Å². The third-order valence-corrected chi connectivity index (χ3v) is 3.56. The van der Waals surface area contributed by atoms with E-state index < -0.39 is 0 Å². The topological polar surface area (TPSA) is 50.9 Å². The molecule has 19 heavy (non-hydrogen) atoms. The molecule has 0 spiro atoms. The van der Waals surface area contributed by atoms with E-state index in [4.69, 9.17) is 17.4 Å². The second-order valence-corrected chi connectivity index (χ2v) is 5.35. The average Bonchev–Trinajstić information content (AvgIpc) is 2.41. The van der Waals surface area contributed by atoms with Crippen LogP contribution in [0.3, 0.4) is 0 Å². The molecule has 0 aliphatic rings. The Morgan fingerprint density at radius 2 is 2.21 bits per heavy atom. The van der Waals surface area contributed by atoms with Crippen LogP contribution in [0.15, 0.2) is 41.0 Å². The summed E-state index contributed by atoms with van der Waals surface area (Å²) in [6, 6.07) is 7.89. The van der Waals surface area contributed by atoms with Crippen molar-refractivity contribution in [3.05, 3.63) is 63.1 Å². The standard InChI is InChI=1S/C13H12BrClFN3/c14-9-3-4-11(16)8(6-9)7-12(19-17)13-10(15)2-1-5-18-13/h1-6,12,19H,7,17H2. The summed E-state index contributed by atoms with van der Waals surface area (Å²) in [7, 11) is 0. The fourth-order valence-electron chi connectivity index (χ4n) is 1.81. The Balaban J connectivity index is 2.29. The molecule has 2 aromatic rings. The van der Waals surface area contributed by atoms with Crippen LogP contribution in [0.5, 0.6) is 0 Å². The van der Waals surface area contributed by atoms with Gasteiger partial charge in [0.2, 0.25) is 0 Å². The molecule has 6 heteroatoms. The van der Waals surface area contributed by atoms with Crippen LogP contribution in [0.1, 0.15) is 17.3 Å². The van der Waals surface area contributed by atoms with Gasteiger partial charge in [0.25, 0.3) is 0 Å². The molecule has 0 radical (unpaired) electrons. The Hall–Kier alpha value is -1.01. The van der Waals surface area contributed by atoms with Gasteiger partial charge in [-0.1, -0.05) is 27.5 Å². The highest BCUT2D eigenvalue weighted by atomic mass is 79.9. The van der Waals surface area contributed by atoms with Crippen LogP contribution >= 0.6 is 27.5 Å². The van der Waals surface area contributed by atoms with Gasteiger partial charge in [0.1, 0.15) is 5.82 Å². The summed E-state index contributed by atoms with van der Waals surface area (Å²) in [6.45, 7) is 0. The normalized spacial score (nSPS) is 12.4. The minimum atomic E-state index is -0.350. The molecule has 0 aliphatic carbocycles. The molecule has 1 aromatic carbocycles. The third-order valence-electron chi connectivity index (χ3n) is 2.75. The number of hydrogen-bond donors (Lipinski definition) is 2. The number of rotatable bonds is 4. The first-order valence-corrected chi connectivity index (χ1v) is 6.79. The highest BCUT2D eigenvalue weighted by Crippen LogP contribution is 2.25. The second-order valence-electron chi connectivity index (χ2n) is 4.03. The van der Waals surface area contributed by atoms with E-state index >= 15 is 0 Å². The molecule has 1 aromatic heterocycles. The molecule has 1 unspecified atom stereocenters. The molecule has 1 atom stereocenters. The Morgan fingerprint density at radius 3 is 2.89 bits per heavy atom. The van der Waals surface area contributed by atoms with Gasteiger partial charge in [-0.05, 0) is 42.3 Å². The van der Waals surface area contributed by atoms with Crippen molar-refractivity contribution in [3.8, 4) is 0 Å².